The predicted molar refractivity (Wildman–Crippen MR) is 147 cm³/mol. The zero-order valence-electron chi connectivity index (χ0n) is 21.5. The first-order chi connectivity index (χ1) is 17.7. The second-order valence-electron chi connectivity index (χ2n) is 8.17. The van der Waals surface area contributed by atoms with Crippen molar-refractivity contribution in [1.29, 1.82) is 0 Å². The van der Waals surface area contributed by atoms with Gasteiger partial charge in [-0.3, -0.25) is 0 Å². The first-order valence-electron chi connectivity index (χ1n) is 12.7. The topological polar surface area (TPSA) is 36.9 Å². The van der Waals surface area contributed by atoms with Crippen molar-refractivity contribution in [2.45, 2.75) is 27.7 Å². The van der Waals surface area contributed by atoms with Gasteiger partial charge in [-0.1, -0.05) is 42.5 Å². The van der Waals surface area contributed by atoms with Gasteiger partial charge in [-0.25, -0.2) is 0 Å². The van der Waals surface area contributed by atoms with E-state index in [1.54, 1.807) is 0 Å². The third kappa shape index (κ3) is 5.65. The summed E-state index contributed by atoms with van der Waals surface area (Å²) in [7, 11) is 0. The van der Waals surface area contributed by atoms with Crippen molar-refractivity contribution in [2.24, 2.45) is 0 Å². The van der Waals surface area contributed by atoms with Gasteiger partial charge in [0.15, 0.2) is 0 Å². The molecule has 0 aliphatic rings. The Morgan fingerprint density at radius 2 is 0.750 bits per heavy atom. The lowest BCUT2D eigenvalue weighted by Gasteiger charge is -2.20. The van der Waals surface area contributed by atoms with Crippen LogP contribution < -0.4 is 18.9 Å². The minimum Gasteiger partial charge on any atom is -0.494 e. The Kier molecular flexibility index (Phi) is 8.51. The molecule has 0 bridgehead atoms. The van der Waals surface area contributed by atoms with Crippen molar-refractivity contribution in [3.8, 4) is 56.4 Å². The van der Waals surface area contributed by atoms with Gasteiger partial charge in [-0.05, 0) is 92.4 Å². The van der Waals surface area contributed by atoms with Crippen molar-refractivity contribution in [2.75, 3.05) is 26.4 Å². The molecule has 0 heterocycles. The Balaban J connectivity index is 1.89. The maximum Gasteiger partial charge on any atom is 0.135 e. The minimum absolute atomic E-state index is 0.556. The van der Waals surface area contributed by atoms with Gasteiger partial charge in [0, 0.05) is 11.1 Å². The van der Waals surface area contributed by atoms with Crippen LogP contribution in [0, 0.1) is 0 Å². The summed E-state index contributed by atoms with van der Waals surface area (Å²) in [6.45, 7) is 10.5. The number of benzene rings is 4. The van der Waals surface area contributed by atoms with Gasteiger partial charge in [-0.15, -0.1) is 0 Å². The molecule has 4 nitrogen and oxygen atoms in total. The molecule has 0 spiro atoms. The molecule has 0 radical (unpaired) electrons. The highest BCUT2D eigenvalue weighted by Gasteiger charge is 2.19. The van der Waals surface area contributed by atoms with E-state index in [0.29, 0.717) is 26.4 Å². The maximum atomic E-state index is 6.37. The Morgan fingerprint density at radius 1 is 0.389 bits per heavy atom. The molecule has 0 unspecified atom stereocenters. The molecule has 0 fully saturated rings. The summed E-state index contributed by atoms with van der Waals surface area (Å²) < 4.78 is 23.4. The molecule has 4 aromatic rings. The van der Waals surface area contributed by atoms with Crippen LogP contribution in [-0.2, 0) is 0 Å². The van der Waals surface area contributed by atoms with Gasteiger partial charge in [-0.2, -0.15) is 0 Å². The van der Waals surface area contributed by atoms with Gasteiger partial charge in [0.2, 0.25) is 0 Å². The summed E-state index contributed by atoms with van der Waals surface area (Å²) in [5.41, 5.74) is 6.43. The van der Waals surface area contributed by atoms with Crippen LogP contribution in [0.4, 0.5) is 0 Å². The smallest absolute Gasteiger partial charge is 0.135 e. The normalized spacial score (nSPS) is 10.7. The highest BCUT2D eigenvalue weighted by molar-refractivity contribution is 5.93. The Bertz CT molecular complexity index is 1240. The van der Waals surface area contributed by atoms with E-state index in [-0.39, 0.29) is 0 Å². The maximum absolute atomic E-state index is 6.37. The molecule has 0 amide bonds. The van der Waals surface area contributed by atoms with Crippen molar-refractivity contribution in [3.63, 3.8) is 0 Å². The SMILES string of the molecule is CCOc1ccc(-c2ccc(-c3ccc(OCC)cc3)c(-c3ccc(OCC)cc3)c2OCC)cc1. The predicted octanol–water partition coefficient (Wildman–Crippen LogP) is 8.28. The van der Waals surface area contributed by atoms with Gasteiger partial charge in [0.25, 0.3) is 0 Å². The number of hydrogen-bond acceptors (Lipinski definition) is 4. The van der Waals surface area contributed by atoms with Gasteiger partial charge in [0.1, 0.15) is 23.0 Å². The molecule has 0 N–H and O–H groups in total. The van der Waals surface area contributed by atoms with Crippen LogP contribution in [0.5, 0.6) is 23.0 Å². The zero-order valence-corrected chi connectivity index (χ0v) is 21.5. The number of rotatable bonds is 11. The highest BCUT2D eigenvalue weighted by Crippen LogP contribution is 2.46. The van der Waals surface area contributed by atoms with E-state index in [1.807, 2.05) is 64.1 Å². The largest absolute Gasteiger partial charge is 0.494 e. The molecular formula is C32H34O4. The molecule has 186 valence electrons. The first kappa shape index (κ1) is 25.2. The molecule has 0 atom stereocenters. The van der Waals surface area contributed by atoms with Crippen LogP contribution in [0.3, 0.4) is 0 Å². The average molecular weight is 483 g/mol. The van der Waals surface area contributed by atoms with E-state index in [4.69, 9.17) is 18.9 Å². The molecular weight excluding hydrogens is 448 g/mol. The summed E-state index contributed by atoms with van der Waals surface area (Å²) in [5, 5.41) is 0. The standard InChI is InChI=1S/C32H34O4/c1-5-33-26-15-9-23(10-16-26)29-21-22-30(24-11-17-27(18-12-24)34-6-2)32(36-8-4)31(29)25-13-19-28(20-14-25)35-7-3/h9-22H,5-8H2,1-4H3. The van der Waals surface area contributed by atoms with Gasteiger partial charge in [0.05, 0.1) is 26.4 Å². The zero-order chi connectivity index (χ0) is 25.3. The van der Waals surface area contributed by atoms with Crippen LogP contribution in [-0.4, -0.2) is 26.4 Å². The molecule has 0 saturated carbocycles. The van der Waals surface area contributed by atoms with E-state index >= 15 is 0 Å². The fourth-order valence-electron chi connectivity index (χ4n) is 4.31. The highest BCUT2D eigenvalue weighted by atomic mass is 16.5. The summed E-state index contributed by atoms with van der Waals surface area (Å²) in [5.74, 6) is 3.43. The summed E-state index contributed by atoms with van der Waals surface area (Å²) in [4.78, 5) is 0. The van der Waals surface area contributed by atoms with E-state index in [2.05, 4.69) is 48.5 Å². The quantitative estimate of drug-likeness (QED) is 0.215. The Labute approximate surface area is 214 Å². The van der Waals surface area contributed by atoms with Gasteiger partial charge < -0.3 is 18.9 Å². The fourth-order valence-corrected chi connectivity index (χ4v) is 4.31. The lowest BCUT2D eigenvalue weighted by Crippen LogP contribution is -2.00. The number of hydrogen-bond donors (Lipinski definition) is 0. The van der Waals surface area contributed by atoms with Crippen molar-refractivity contribution < 1.29 is 18.9 Å². The summed E-state index contributed by atoms with van der Waals surface area (Å²) in [6, 6.07) is 29.0. The van der Waals surface area contributed by atoms with E-state index in [0.717, 1.165) is 56.4 Å². The Morgan fingerprint density at radius 3 is 1.17 bits per heavy atom. The second kappa shape index (κ2) is 12.2. The Hall–Kier alpha value is -3.92. The monoisotopic (exact) mass is 482 g/mol. The van der Waals surface area contributed by atoms with Crippen molar-refractivity contribution in [1.82, 2.24) is 0 Å². The molecule has 4 heteroatoms. The minimum atomic E-state index is 0.556. The van der Waals surface area contributed by atoms with Crippen LogP contribution in [0.15, 0.2) is 84.9 Å². The molecule has 4 aromatic carbocycles. The van der Waals surface area contributed by atoms with E-state index in [9.17, 15) is 0 Å². The molecule has 36 heavy (non-hydrogen) atoms. The van der Waals surface area contributed by atoms with E-state index < -0.39 is 0 Å². The first-order valence-corrected chi connectivity index (χ1v) is 12.7. The van der Waals surface area contributed by atoms with Crippen LogP contribution in [0.2, 0.25) is 0 Å². The van der Waals surface area contributed by atoms with Crippen molar-refractivity contribution in [3.05, 3.63) is 84.9 Å². The number of ether oxygens (including phenoxy) is 4. The fraction of sp³-hybridized carbons (Fsp3) is 0.250. The molecule has 0 aliphatic heterocycles. The molecule has 0 saturated heterocycles. The molecule has 4 rings (SSSR count). The lowest BCUT2D eigenvalue weighted by atomic mass is 9.89. The van der Waals surface area contributed by atoms with Crippen LogP contribution >= 0.6 is 0 Å². The third-order valence-electron chi connectivity index (χ3n) is 5.85. The van der Waals surface area contributed by atoms with Crippen LogP contribution in [0.25, 0.3) is 33.4 Å². The second-order valence-corrected chi connectivity index (χ2v) is 8.17. The van der Waals surface area contributed by atoms with Gasteiger partial charge >= 0.3 is 0 Å². The third-order valence-corrected chi connectivity index (χ3v) is 5.85. The van der Waals surface area contributed by atoms with Crippen LogP contribution in [0.1, 0.15) is 27.7 Å². The van der Waals surface area contributed by atoms with E-state index in [1.165, 1.54) is 0 Å². The summed E-state index contributed by atoms with van der Waals surface area (Å²) in [6.07, 6.45) is 0. The molecule has 0 aliphatic carbocycles. The molecule has 0 aromatic heterocycles. The van der Waals surface area contributed by atoms with Crippen molar-refractivity contribution >= 4 is 0 Å². The summed E-state index contributed by atoms with van der Waals surface area (Å²) >= 11 is 0. The lowest BCUT2D eigenvalue weighted by molar-refractivity contribution is 0.339. The average Bonchev–Trinajstić information content (AvgIpc) is 2.91.